The largest absolute Gasteiger partial charge is 0.481 e. The zero-order valence-corrected chi connectivity index (χ0v) is 11.5. The standard InChI is InChI=1S/C11H16F3NO4S/c12-11(13,14)10(3-4-10)7-20(18,19)15-5-1-2-8(6-15)9(16)17/h8H,1-7H2,(H,16,17)/t8-/m0/s1. The lowest BCUT2D eigenvalue weighted by Gasteiger charge is -2.31. The van der Waals surface area contributed by atoms with Gasteiger partial charge in [0.2, 0.25) is 10.0 Å². The van der Waals surface area contributed by atoms with E-state index in [1.165, 1.54) is 0 Å². The van der Waals surface area contributed by atoms with E-state index >= 15 is 0 Å². The lowest BCUT2D eigenvalue weighted by Crippen LogP contribution is -2.46. The fourth-order valence-corrected chi connectivity index (χ4v) is 4.65. The van der Waals surface area contributed by atoms with Crippen molar-refractivity contribution in [2.75, 3.05) is 18.8 Å². The molecule has 0 bridgehead atoms. The van der Waals surface area contributed by atoms with Crippen molar-refractivity contribution in [2.45, 2.75) is 31.9 Å². The van der Waals surface area contributed by atoms with E-state index < -0.39 is 39.3 Å². The molecule has 0 aromatic rings. The van der Waals surface area contributed by atoms with Crippen LogP contribution in [-0.4, -0.2) is 48.8 Å². The van der Waals surface area contributed by atoms with Crippen LogP contribution in [0.4, 0.5) is 13.2 Å². The van der Waals surface area contributed by atoms with Gasteiger partial charge in [-0.3, -0.25) is 4.79 Å². The summed E-state index contributed by atoms with van der Waals surface area (Å²) in [5.41, 5.74) is -2.12. The number of piperidine rings is 1. The molecule has 0 radical (unpaired) electrons. The van der Waals surface area contributed by atoms with Gasteiger partial charge in [0.25, 0.3) is 0 Å². The predicted octanol–water partition coefficient (Wildman–Crippen LogP) is 1.46. The van der Waals surface area contributed by atoms with Crippen LogP contribution in [0.2, 0.25) is 0 Å². The van der Waals surface area contributed by atoms with Crippen molar-refractivity contribution in [2.24, 2.45) is 11.3 Å². The van der Waals surface area contributed by atoms with E-state index in [0.717, 1.165) is 4.31 Å². The molecule has 116 valence electrons. The molecule has 9 heteroatoms. The Morgan fingerprint density at radius 3 is 2.40 bits per heavy atom. The summed E-state index contributed by atoms with van der Waals surface area (Å²) in [6, 6.07) is 0. The average molecular weight is 315 g/mol. The fraction of sp³-hybridized carbons (Fsp3) is 0.909. The molecule has 2 fully saturated rings. The van der Waals surface area contributed by atoms with E-state index in [1.54, 1.807) is 0 Å². The maximum atomic E-state index is 12.8. The molecule has 0 aromatic heterocycles. The summed E-state index contributed by atoms with van der Waals surface area (Å²) in [7, 11) is -4.08. The van der Waals surface area contributed by atoms with Crippen LogP contribution in [-0.2, 0) is 14.8 Å². The number of nitrogens with zero attached hydrogens (tertiary/aromatic N) is 1. The van der Waals surface area contributed by atoms with E-state index in [1.807, 2.05) is 0 Å². The first-order valence-electron chi connectivity index (χ1n) is 6.35. The SMILES string of the molecule is O=C(O)[C@H]1CCCN(S(=O)(=O)CC2(C(F)(F)F)CC2)C1. The van der Waals surface area contributed by atoms with Crippen LogP contribution in [0.5, 0.6) is 0 Å². The molecule has 5 nitrogen and oxygen atoms in total. The smallest absolute Gasteiger partial charge is 0.395 e. The molecule has 0 spiro atoms. The van der Waals surface area contributed by atoms with Gasteiger partial charge in [-0.2, -0.15) is 13.2 Å². The van der Waals surface area contributed by atoms with Crippen LogP contribution in [0.25, 0.3) is 0 Å². The van der Waals surface area contributed by atoms with Gasteiger partial charge in [0.05, 0.1) is 17.1 Å². The Bertz CT molecular complexity index is 498. The van der Waals surface area contributed by atoms with Crippen LogP contribution in [0.3, 0.4) is 0 Å². The molecule has 1 N–H and O–H groups in total. The van der Waals surface area contributed by atoms with Gasteiger partial charge in [0.1, 0.15) is 0 Å². The van der Waals surface area contributed by atoms with Gasteiger partial charge in [-0.05, 0) is 25.7 Å². The van der Waals surface area contributed by atoms with E-state index in [4.69, 9.17) is 5.11 Å². The summed E-state index contributed by atoms with van der Waals surface area (Å²) in [4.78, 5) is 10.9. The second kappa shape index (κ2) is 4.87. The number of carbonyl (C=O) groups is 1. The van der Waals surface area contributed by atoms with Gasteiger partial charge < -0.3 is 5.11 Å². The third-order valence-corrected chi connectivity index (χ3v) is 6.08. The average Bonchev–Trinajstić information content (AvgIpc) is 3.09. The van der Waals surface area contributed by atoms with E-state index in [2.05, 4.69) is 0 Å². The maximum absolute atomic E-state index is 12.8. The molecular formula is C11H16F3NO4S. The monoisotopic (exact) mass is 315 g/mol. The summed E-state index contributed by atoms with van der Waals surface area (Å²) in [5.74, 6) is -2.91. The van der Waals surface area contributed by atoms with Crippen molar-refractivity contribution < 1.29 is 31.5 Å². The third-order valence-electron chi connectivity index (χ3n) is 4.04. The predicted molar refractivity (Wildman–Crippen MR) is 63.4 cm³/mol. The highest BCUT2D eigenvalue weighted by molar-refractivity contribution is 7.89. The molecule has 0 amide bonds. The Balaban J connectivity index is 2.09. The number of alkyl halides is 3. The summed E-state index contributed by atoms with van der Waals surface area (Å²) in [6.45, 7) is -0.133. The number of carboxylic acid groups (broad SMARTS) is 1. The summed E-state index contributed by atoms with van der Waals surface area (Å²) in [6.07, 6.45) is -4.17. The minimum atomic E-state index is -4.53. The van der Waals surface area contributed by atoms with Gasteiger partial charge >= 0.3 is 12.1 Å². The lowest BCUT2D eigenvalue weighted by atomic mass is 10.0. The molecule has 1 saturated heterocycles. The number of rotatable bonds is 4. The molecule has 2 aliphatic rings. The van der Waals surface area contributed by atoms with Crippen molar-refractivity contribution >= 4 is 16.0 Å². The summed E-state index contributed by atoms with van der Waals surface area (Å²) >= 11 is 0. The number of carboxylic acids is 1. The topological polar surface area (TPSA) is 74.7 Å². The lowest BCUT2D eigenvalue weighted by molar-refractivity contribution is -0.180. The van der Waals surface area contributed by atoms with Crippen molar-refractivity contribution in [3.8, 4) is 0 Å². The van der Waals surface area contributed by atoms with Crippen LogP contribution < -0.4 is 0 Å². The van der Waals surface area contributed by atoms with E-state index in [-0.39, 0.29) is 25.9 Å². The number of hydrogen-bond donors (Lipinski definition) is 1. The van der Waals surface area contributed by atoms with Crippen molar-refractivity contribution in [3.63, 3.8) is 0 Å². The van der Waals surface area contributed by atoms with Crippen LogP contribution in [0, 0.1) is 11.3 Å². The highest BCUT2D eigenvalue weighted by atomic mass is 32.2. The molecule has 20 heavy (non-hydrogen) atoms. The summed E-state index contributed by atoms with van der Waals surface area (Å²) in [5, 5.41) is 8.89. The summed E-state index contributed by atoms with van der Waals surface area (Å²) < 4.78 is 63.5. The van der Waals surface area contributed by atoms with Gasteiger partial charge in [0, 0.05) is 13.1 Å². The van der Waals surface area contributed by atoms with Crippen LogP contribution in [0.1, 0.15) is 25.7 Å². The van der Waals surface area contributed by atoms with Gasteiger partial charge in [-0.25, -0.2) is 12.7 Å². The second-order valence-electron chi connectivity index (χ2n) is 5.57. The highest BCUT2D eigenvalue weighted by Crippen LogP contribution is 2.58. The molecular weight excluding hydrogens is 299 g/mol. The zero-order chi connectivity index (χ0) is 15.2. The third kappa shape index (κ3) is 2.93. The number of hydrogen-bond acceptors (Lipinski definition) is 3. The number of halogens is 3. The van der Waals surface area contributed by atoms with Crippen molar-refractivity contribution in [3.05, 3.63) is 0 Å². The van der Waals surface area contributed by atoms with Crippen molar-refractivity contribution in [1.82, 2.24) is 4.31 Å². The van der Waals surface area contributed by atoms with Crippen LogP contribution in [0.15, 0.2) is 0 Å². The Labute approximate surface area is 114 Å². The quantitative estimate of drug-likeness (QED) is 0.852. The molecule has 2 rings (SSSR count). The first kappa shape index (κ1) is 15.6. The number of aliphatic carboxylic acids is 1. The van der Waals surface area contributed by atoms with Gasteiger partial charge in [-0.15, -0.1) is 0 Å². The Morgan fingerprint density at radius 1 is 1.35 bits per heavy atom. The maximum Gasteiger partial charge on any atom is 0.395 e. The fourth-order valence-electron chi connectivity index (χ4n) is 2.50. The Morgan fingerprint density at radius 2 is 1.95 bits per heavy atom. The van der Waals surface area contributed by atoms with Gasteiger partial charge in [-0.1, -0.05) is 0 Å². The Hall–Kier alpha value is -0.830. The second-order valence-corrected chi connectivity index (χ2v) is 7.54. The van der Waals surface area contributed by atoms with E-state index in [0.29, 0.717) is 12.8 Å². The molecule has 1 aliphatic heterocycles. The van der Waals surface area contributed by atoms with Crippen LogP contribution >= 0.6 is 0 Å². The molecule has 0 aromatic carbocycles. The first-order chi connectivity index (χ1) is 9.07. The first-order valence-corrected chi connectivity index (χ1v) is 7.96. The molecule has 0 unspecified atom stereocenters. The molecule has 1 saturated carbocycles. The minimum Gasteiger partial charge on any atom is -0.481 e. The Kier molecular flexibility index (Phi) is 3.79. The van der Waals surface area contributed by atoms with Crippen molar-refractivity contribution in [1.29, 1.82) is 0 Å². The van der Waals surface area contributed by atoms with Gasteiger partial charge in [0.15, 0.2) is 0 Å². The minimum absolute atomic E-state index is 0.0973. The molecule has 1 atom stereocenters. The zero-order valence-electron chi connectivity index (χ0n) is 10.7. The highest BCUT2D eigenvalue weighted by Gasteiger charge is 2.65. The number of sulfonamides is 1. The van der Waals surface area contributed by atoms with E-state index in [9.17, 15) is 26.4 Å². The normalized spacial score (nSPS) is 27.2. The molecule has 1 aliphatic carbocycles. The molecule has 1 heterocycles.